The summed E-state index contributed by atoms with van der Waals surface area (Å²) in [6, 6.07) is 1.90. The quantitative estimate of drug-likeness (QED) is 0.540. The van der Waals surface area contributed by atoms with Gasteiger partial charge in [0.2, 0.25) is 0 Å². The van der Waals surface area contributed by atoms with E-state index >= 15 is 0 Å². The highest BCUT2D eigenvalue weighted by Gasteiger charge is 2.12. The zero-order chi connectivity index (χ0) is 10.9. The van der Waals surface area contributed by atoms with Gasteiger partial charge in [-0.3, -0.25) is 10.1 Å². The molecule has 0 aliphatic carbocycles. The molecule has 74 valence electrons. The van der Waals surface area contributed by atoms with Crippen LogP contribution in [0.1, 0.15) is 10.4 Å². The first-order chi connectivity index (χ1) is 6.43. The van der Waals surface area contributed by atoms with Crippen molar-refractivity contribution in [3.05, 3.63) is 32.3 Å². The molecule has 0 N–H and O–H groups in total. The smallest absolute Gasteiger partial charge is 0.263 e. The van der Waals surface area contributed by atoms with E-state index < -0.39 is 27.9 Å². The van der Waals surface area contributed by atoms with Gasteiger partial charge in [-0.15, -0.1) is 0 Å². The fourth-order valence-corrected chi connectivity index (χ4v) is 1.31. The third-order valence-electron chi connectivity index (χ3n) is 1.45. The van der Waals surface area contributed by atoms with E-state index in [1.54, 1.807) is 0 Å². The molecule has 0 aliphatic heterocycles. The van der Waals surface area contributed by atoms with Crippen LogP contribution in [0.4, 0.5) is 5.69 Å². The second-order valence-corrected chi connectivity index (χ2v) is 3.26. The molecule has 1 aromatic rings. The van der Waals surface area contributed by atoms with Gasteiger partial charge in [-0.05, 0) is 17.4 Å². The second kappa shape index (κ2) is 3.62. The Morgan fingerprint density at radius 2 is 2.00 bits per heavy atom. The van der Waals surface area contributed by atoms with Crippen molar-refractivity contribution < 1.29 is 19.9 Å². The predicted molar refractivity (Wildman–Crippen MR) is 44.6 cm³/mol. The lowest BCUT2D eigenvalue weighted by molar-refractivity contribution is -0.398. The molecule has 6 nitrogen and oxygen atoms in total. The van der Waals surface area contributed by atoms with Gasteiger partial charge in [0, 0.05) is 10.5 Å². The zero-order valence-corrected chi connectivity index (χ0v) is 8.11. The van der Waals surface area contributed by atoms with Crippen LogP contribution in [0.15, 0.2) is 16.6 Å². The molecule has 0 unspecified atom stereocenters. The maximum atomic E-state index is 11.1. The van der Waals surface area contributed by atoms with Gasteiger partial charge in [-0.1, -0.05) is 15.9 Å². The van der Waals surface area contributed by atoms with Crippen molar-refractivity contribution in [2.24, 2.45) is 0 Å². The number of hydrogen-bond acceptors (Lipinski definition) is 5. The molecule has 0 spiro atoms. The first-order valence-electron chi connectivity index (χ1n) is 3.29. The molecule has 7 heteroatoms. The summed E-state index contributed by atoms with van der Waals surface area (Å²) >= 11 is 2.85. The molecule has 0 fully saturated rings. The number of nitro benzene ring substituents is 1. The summed E-state index contributed by atoms with van der Waals surface area (Å²) in [6.45, 7) is 0. The molecule has 0 amide bonds. The molecular weight excluding hydrogens is 258 g/mol. The van der Waals surface area contributed by atoms with Crippen LogP contribution >= 0.6 is 15.9 Å². The van der Waals surface area contributed by atoms with E-state index in [4.69, 9.17) is 0 Å². The number of aromatic carboxylic acids is 1. The highest BCUT2D eigenvalue weighted by atomic mass is 79.9. The van der Waals surface area contributed by atoms with Crippen molar-refractivity contribution in [2.75, 3.05) is 0 Å². The fraction of sp³-hybridized carbons (Fsp3) is 0. The molecular formula is C7H2BrNO5-2. The SMILES string of the molecule is O=C([O-])c1cc(Br)cc([N+](=O)[O-])c1[O-]. The summed E-state index contributed by atoms with van der Waals surface area (Å²) in [4.78, 5) is 19.8. The van der Waals surface area contributed by atoms with Crippen molar-refractivity contribution in [1.29, 1.82) is 0 Å². The van der Waals surface area contributed by atoms with E-state index in [1.807, 2.05) is 0 Å². The normalized spacial score (nSPS) is 9.79. The van der Waals surface area contributed by atoms with Crippen LogP contribution in [0, 0.1) is 10.1 Å². The molecule has 0 bridgehead atoms. The predicted octanol–water partition coefficient (Wildman–Crippen LogP) is -0.206. The first-order valence-corrected chi connectivity index (χ1v) is 4.09. The summed E-state index contributed by atoms with van der Waals surface area (Å²) in [6.07, 6.45) is 0. The van der Waals surface area contributed by atoms with E-state index in [1.165, 1.54) is 0 Å². The molecule has 0 heterocycles. The number of carboxylic acid groups (broad SMARTS) is 1. The van der Waals surface area contributed by atoms with E-state index in [-0.39, 0.29) is 4.47 Å². The average Bonchev–Trinajstić information content (AvgIpc) is 2.07. The molecule has 0 atom stereocenters. The van der Waals surface area contributed by atoms with Crippen molar-refractivity contribution in [2.45, 2.75) is 0 Å². The number of carbonyl (C=O) groups excluding carboxylic acids is 1. The van der Waals surface area contributed by atoms with Crippen LogP contribution < -0.4 is 10.2 Å². The van der Waals surface area contributed by atoms with Gasteiger partial charge in [-0.2, -0.15) is 0 Å². The highest BCUT2D eigenvalue weighted by molar-refractivity contribution is 9.10. The molecule has 1 aromatic carbocycles. The number of carboxylic acids is 1. The molecule has 0 aliphatic rings. The monoisotopic (exact) mass is 259 g/mol. The summed E-state index contributed by atoms with van der Waals surface area (Å²) in [5.41, 5.74) is -1.52. The molecule has 1 rings (SSSR count). The van der Waals surface area contributed by atoms with Gasteiger partial charge in [0.25, 0.3) is 5.69 Å². The molecule has 0 saturated heterocycles. The molecule has 14 heavy (non-hydrogen) atoms. The maximum Gasteiger partial charge on any atom is 0.263 e. The number of hydrogen-bond donors (Lipinski definition) is 0. The minimum absolute atomic E-state index is 0.142. The van der Waals surface area contributed by atoms with Gasteiger partial charge >= 0.3 is 0 Å². The summed E-state index contributed by atoms with van der Waals surface area (Å²) in [5.74, 6) is -2.89. The van der Waals surface area contributed by atoms with Crippen molar-refractivity contribution in [3.63, 3.8) is 0 Å². The van der Waals surface area contributed by atoms with E-state index in [9.17, 15) is 25.1 Å². The Kier molecular flexibility index (Phi) is 2.70. The number of nitrogens with zero attached hydrogens (tertiary/aromatic N) is 1. The number of halogens is 1. The summed E-state index contributed by atoms with van der Waals surface area (Å²) < 4.78 is 0.142. The Morgan fingerprint density at radius 1 is 1.43 bits per heavy atom. The number of benzene rings is 1. The largest absolute Gasteiger partial charge is 0.867 e. The van der Waals surface area contributed by atoms with Gasteiger partial charge in [-0.25, -0.2) is 0 Å². The number of rotatable bonds is 2. The van der Waals surface area contributed by atoms with E-state index in [0.717, 1.165) is 12.1 Å². The van der Waals surface area contributed by atoms with E-state index in [0.29, 0.717) is 0 Å². The van der Waals surface area contributed by atoms with E-state index in [2.05, 4.69) is 15.9 Å². The standard InChI is InChI=1S/C7H4BrNO5/c8-3-1-4(7(11)12)6(10)5(2-3)9(13)14/h1-2,10H,(H,11,12)/p-2. The van der Waals surface area contributed by atoms with Crippen LogP contribution in [-0.2, 0) is 0 Å². The number of nitro groups is 1. The topological polar surface area (TPSA) is 106 Å². The van der Waals surface area contributed by atoms with Gasteiger partial charge in [0.05, 0.1) is 10.9 Å². The third kappa shape index (κ3) is 1.82. The molecule has 0 radical (unpaired) electrons. The molecule has 0 aromatic heterocycles. The Balaban J connectivity index is 3.47. The Bertz CT molecular complexity index is 382. The van der Waals surface area contributed by atoms with Gasteiger partial charge in [0.1, 0.15) is 0 Å². The van der Waals surface area contributed by atoms with Crippen LogP contribution in [0.3, 0.4) is 0 Å². The lowest BCUT2D eigenvalue weighted by Crippen LogP contribution is -2.24. The van der Waals surface area contributed by atoms with Crippen molar-refractivity contribution >= 4 is 27.6 Å². The van der Waals surface area contributed by atoms with Gasteiger partial charge in [0.15, 0.2) is 0 Å². The van der Waals surface area contributed by atoms with Gasteiger partial charge < -0.3 is 15.0 Å². The zero-order valence-electron chi connectivity index (χ0n) is 6.52. The summed E-state index contributed by atoms with van der Waals surface area (Å²) in [5, 5.41) is 31.8. The van der Waals surface area contributed by atoms with Crippen molar-refractivity contribution in [3.8, 4) is 5.75 Å². The van der Waals surface area contributed by atoms with Crippen molar-refractivity contribution in [1.82, 2.24) is 0 Å². The average molecular weight is 260 g/mol. The minimum Gasteiger partial charge on any atom is -0.867 e. The maximum absolute atomic E-state index is 11.1. The fourth-order valence-electron chi connectivity index (χ4n) is 0.866. The number of carbonyl (C=O) groups is 1. The van der Waals surface area contributed by atoms with Crippen LogP contribution in [-0.4, -0.2) is 10.9 Å². The molecule has 0 saturated carbocycles. The Labute approximate surface area is 86.1 Å². The Hall–Kier alpha value is -1.63. The van der Waals surface area contributed by atoms with Crippen LogP contribution in [0.5, 0.6) is 5.75 Å². The lowest BCUT2D eigenvalue weighted by atomic mass is 10.2. The first kappa shape index (κ1) is 10.5. The van der Waals surface area contributed by atoms with Crippen LogP contribution in [0.25, 0.3) is 0 Å². The minimum atomic E-state index is -1.74. The summed E-state index contributed by atoms with van der Waals surface area (Å²) in [7, 11) is 0. The lowest BCUT2D eigenvalue weighted by Gasteiger charge is -2.14. The highest BCUT2D eigenvalue weighted by Crippen LogP contribution is 2.30. The third-order valence-corrected chi connectivity index (χ3v) is 1.91. The second-order valence-electron chi connectivity index (χ2n) is 2.35. The Morgan fingerprint density at radius 3 is 2.43 bits per heavy atom. The van der Waals surface area contributed by atoms with Crippen LogP contribution in [0.2, 0.25) is 0 Å².